The molecular weight excluding hydrogens is 695 g/mol. The molecule has 1 aliphatic rings. The van der Waals surface area contributed by atoms with E-state index in [0.29, 0.717) is 33.6 Å². The van der Waals surface area contributed by atoms with Gasteiger partial charge >= 0.3 is 17.8 Å². The Labute approximate surface area is 271 Å². The summed E-state index contributed by atoms with van der Waals surface area (Å²) in [6, 6.07) is 12.5. The van der Waals surface area contributed by atoms with E-state index in [2.05, 4.69) is 20.9 Å². The highest BCUT2D eigenvalue weighted by Gasteiger charge is 2.36. The van der Waals surface area contributed by atoms with Gasteiger partial charge in [-0.05, 0) is 56.3 Å². The van der Waals surface area contributed by atoms with Crippen molar-refractivity contribution in [3.8, 4) is 17.2 Å². The van der Waals surface area contributed by atoms with E-state index >= 15 is 0 Å². The van der Waals surface area contributed by atoms with Gasteiger partial charge in [-0.15, -0.1) is 0 Å². The minimum absolute atomic E-state index is 0.0292. The highest BCUT2D eigenvalue weighted by Crippen LogP contribution is 2.39. The van der Waals surface area contributed by atoms with Gasteiger partial charge < -0.3 is 14.2 Å². The van der Waals surface area contributed by atoms with Gasteiger partial charge in [-0.3, -0.25) is 19.5 Å². The number of hydrogen-bond donors (Lipinski definition) is 0. The van der Waals surface area contributed by atoms with Gasteiger partial charge in [-0.1, -0.05) is 45.5 Å². The quantitative estimate of drug-likeness (QED) is 0.119. The molecule has 0 spiro atoms. The first-order valence-corrected chi connectivity index (χ1v) is 15.1. The van der Waals surface area contributed by atoms with E-state index in [4.69, 9.17) is 14.2 Å². The molecule has 0 saturated heterocycles. The molecular formula is C31H23BrF3N3O7S. The number of alkyl halides is 3. The van der Waals surface area contributed by atoms with E-state index < -0.39 is 45.7 Å². The summed E-state index contributed by atoms with van der Waals surface area (Å²) in [5, 5.41) is 11.7. The van der Waals surface area contributed by atoms with Gasteiger partial charge in [0, 0.05) is 21.7 Å². The molecule has 0 N–H and O–H groups in total. The number of fused-ring (bicyclic) bond motifs is 1. The number of nitrogens with zero attached hydrogens (tertiary/aromatic N) is 3. The fourth-order valence-electron chi connectivity index (χ4n) is 4.89. The van der Waals surface area contributed by atoms with Crippen LogP contribution in [-0.2, 0) is 15.7 Å². The molecule has 4 aromatic rings. The number of benzene rings is 3. The summed E-state index contributed by atoms with van der Waals surface area (Å²) in [5.41, 5.74) is -1.29. The van der Waals surface area contributed by atoms with Crippen LogP contribution in [0.5, 0.6) is 17.2 Å². The first-order valence-electron chi connectivity index (χ1n) is 13.5. The van der Waals surface area contributed by atoms with Crippen molar-refractivity contribution in [1.82, 2.24) is 4.57 Å². The molecule has 0 radical (unpaired) electrons. The van der Waals surface area contributed by atoms with Crippen molar-refractivity contribution in [2.75, 3.05) is 13.7 Å². The summed E-state index contributed by atoms with van der Waals surface area (Å²) in [6.45, 7) is 3.41. The number of esters is 1. The average molecular weight is 719 g/mol. The Hall–Kier alpha value is -4.76. The van der Waals surface area contributed by atoms with Crippen molar-refractivity contribution in [3.05, 3.63) is 123 Å². The Kier molecular flexibility index (Phi) is 9.17. The number of nitro benzene ring substituents is 1. The third-order valence-electron chi connectivity index (χ3n) is 6.91. The van der Waals surface area contributed by atoms with Gasteiger partial charge in [-0.2, -0.15) is 13.2 Å². The molecule has 0 amide bonds. The zero-order chi connectivity index (χ0) is 33.3. The number of carbonyl (C=O) groups is 1. The summed E-state index contributed by atoms with van der Waals surface area (Å²) in [5.74, 6) is -0.613. The van der Waals surface area contributed by atoms with E-state index in [9.17, 15) is 32.9 Å². The second-order valence-electron chi connectivity index (χ2n) is 9.77. The van der Waals surface area contributed by atoms with Crippen molar-refractivity contribution in [2.45, 2.75) is 26.1 Å². The number of methoxy groups -OCH3 is 1. The molecule has 3 aromatic carbocycles. The summed E-state index contributed by atoms with van der Waals surface area (Å²) in [7, 11) is 1.47. The Balaban J connectivity index is 1.68. The van der Waals surface area contributed by atoms with Gasteiger partial charge in [0.2, 0.25) is 5.75 Å². The number of carbonyl (C=O) groups excluding carboxylic acids is 1. The predicted octanol–water partition coefficient (Wildman–Crippen LogP) is 6.29. The maximum atomic E-state index is 14.1. The predicted molar refractivity (Wildman–Crippen MR) is 166 cm³/mol. The second-order valence-corrected chi connectivity index (χ2v) is 11.7. The lowest BCUT2D eigenvalue weighted by Crippen LogP contribution is -2.40. The van der Waals surface area contributed by atoms with Gasteiger partial charge in [0.05, 0.1) is 40.0 Å². The first kappa shape index (κ1) is 32.6. The lowest BCUT2D eigenvalue weighted by molar-refractivity contribution is -0.385. The van der Waals surface area contributed by atoms with Crippen molar-refractivity contribution >= 4 is 45.0 Å². The van der Waals surface area contributed by atoms with Crippen LogP contribution in [0.3, 0.4) is 0 Å². The molecule has 1 aromatic heterocycles. The standard InChI is InChI=1S/C31H23BrF3N3O7S/c1-4-44-29(40)26-16(2)36-30-37(27(26)20-7-5-6-8-23(20)43-3)28(39)25(46-30)14-17-13-19(32)10-12-22(17)45-24-11-9-18(31(33,34)35)15-21(24)38(41)42/h5-15,27H,4H2,1-3H3/b25-14+/t27-/m0/s1. The third-order valence-corrected chi connectivity index (χ3v) is 8.39. The number of nitro groups is 1. The molecule has 2 heterocycles. The van der Waals surface area contributed by atoms with E-state index in [0.717, 1.165) is 17.4 Å². The number of allylic oxidation sites excluding steroid dienone is 1. The monoisotopic (exact) mass is 717 g/mol. The number of hydrogen-bond acceptors (Lipinski definition) is 9. The molecule has 0 bridgehead atoms. The molecule has 10 nitrogen and oxygen atoms in total. The summed E-state index contributed by atoms with van der Waals surface area (Å²) >= 11 is 4.39. The largest absolute Gasteiger partial charge is 0.496 e. The van der Waals surface area contributed by atoms with E-state index in [1.165, 1.54) is 23.8 Å². The molecule has 1 aliphatic heterocycles. The van der Waals surface area contributed by atoms with E-state index in [1.807, 2.05) is 0 Å². The number of halogens is 4. The first-order chi connectivity index (χ1) is 21.8. The van der Waals surface area contributed by atoms with Crippen LogP contribution in [0.25, 0.3) is 6.08 Å². The number of aromatic nitrogens is 1. The Morgan fingerprint density at radius 1 is 1.13 bits per heavy atom. The topological polar surface area (TPSA) is 122 Å². The molecule has 0 saturated carbocycles. The molecule has 46 heavy (non-hydrogen) atoms. The Bertz CT molecular complexity index is 2090. The number of para-hydroxylation sites is 1. The van der Waals surface area contributed by atoms with Crippen molar-refractivity contribution in [3.63, 3.8) is 0 Å². The normalized spacial score (nSPS) is 14.8. The van der Waals surface area contributed by atoms with Gasteiger partial charge in [-0.25, -0.2) is 9.79 Å². The van der Waals surface area contributed by atoms with Gasteiger partial charge in [0.15, 0.2) is 4.80 Å². The van der Waals surface area contributed by atoms with Crippen molar-refractivity contribution in [1.29, 1.82) is 0 Å². The molecule has 15 heteroatoms. The molecule has 0 aliphatic carbocycles. The van der Waals surface area contributed by atoms with Crippen molar-refractivity contribution < 1.29 is 37.1 Å². The highest BCUT2D eigenvalue weighted by molar-refractivity contribution is 9.10. The summed E-state index contributed by atoms with van der Waals surface area (Å²) < 4.78 is 58.5. The molecule has 5 rings (SSSR count). The fourth-order valence-corrected chi connectivity index (χ4v) is 6.30. The smallest absolute Gasteiger partial charge is 0.416 e. The fraction of sp³-hybridized carbons (Fsp3) is 0.194. The van der Waals surface area contributed by atoms with Crippen LogP contribution in [0.4, 0.5) is 18.9 Å². The molecule has 0 unspecified atom stereocenters. The van der Waals surface area contributed by atoms with Gasteiger partial charge in [0.1, 0.15) is 17.5 Å². The van der Waals surface area contributed by atoms with Crippen LogP contribution >= 0.6 is 27.3 Å². The maximum absolute atomic E-state index is 14.1. The number of thiazole rings is 1. The lowest BCUT2D eigenvalue weighted by atomic mass is 9.95. The number of rotatable bonds is 8. The van der Waals surface area contributed by atoms with Crippen LogP contribution < -0.4 is 24.4 Å². The molecule has 238 valence electrons. The zero-order valence-corrected chi connectivity index (χ0v) is 26.7. The van der Waals surface area contributed by atoms with Gasteiger partial charge in [0.25, 0.3) is 5.56 Å². The maximum Gasteiger partial charge on any atom is 0.416 e. The lowest BCUT2D eigenvalue weighted by Gasteiger charge is -2.25. The Morgan fingerprint density at radius 2 is 1.85 bits per heavy atom. The van der Waals surface area contributed by atoms with Crippen LogP contribution in [0.15, 0.2) is 86.2 Å². The number of ether oxygens (including phenoxy) is 3. The molecule has 0 fully saturated rings. The van der Waals surface area contributed by atoms with E-state index in [-0.39, 0.29) is 32.8 Å². The third kappa shape index (κ3) is 6.33. The Morgan fingerprint density at radius 3 is 2.52 bits per heavy atom. The average Bonchev–Trinajstić information content (AvgIpc) is 3.31. The summed E-state index contributed by atoms with van der Waals surface area (Å²) in [4.78, 5) is 42.8. The minimum Gasteiger partial charge on any atom is -0.496 e. The highest BCUT2D eigenvalue weighted by atomic mass is 79.9. The van der Waals surface area contributed by atoms with Crippen LogP contribution in [0.1, 0.15) is 36.6 Å². The zero-order valence-electron chi connectivity index (χ0n) is 24.3. The molecule has 1 atom stereocenters. The van der Waals surface area contributed by atoms with Crippen molar-refractivity contribution in [2.24, 2.45) is 4.99 Å². The minimum atomic E-state index is -4.80. The SMILES string of the molecule is CCOC(=O)C1=C(C)N=c2s/c(=C/c3cc(Br)ccc3Oc3ccc(C(F)(F)F)cc3[N+](=O)[O-])c(=O)n2[C@H]1c1ccccc1OC. The van der Waals surface area contributed by atoms with E-state index in [1.54, 1.807) is 50.2 Å². The van der Waals surface area contributed by atoms with Crippen LogP contribution in [0.2, 0.25) is 0 Å². The van der Waals surface area contributed by atoms with Crippen LogP contribution in [-0.4, -0.2) is 29.2 Å². The summed E-state index contributed by atoms with van der Waals surface area (Å²) in [6.07, 6.45) is -3.32. The van der Waals surface area contributed by atoms with Crippen LogP contribution in [0, 0.1) is 10.1 Å². The second kappa shape index (κ2) is 12.9.